The molecule has 7 heteroatoms. The Labute approximate surface area is 178 Å². The van der Waals surface area contributed by atoms with Crippen LogP contribution in [0.2, 0.25) is 0 Å². The van der Waals surface area contributed by atoms with Crippen molar-refractivity contribution in [3.05, 3.63) is 35.9 Å². The molecule has 1 aromatic carbocycles. The van der Waals surface area contributed by atoms with Crippen LogP contribution in [0.3, 0.4) is 0 Å². The van der Waals surface area contributed by atoms with E-state index in [0.29, 0.717) is 5.71 Å². The number of hydrogen-bond donors (Lipinski definition) is 0. The molecule has 1 heterocycles. The molecule has 0 fully saturated rings. The molecule has 2 rings (SSSR count). The number of methoxy groups -OCH3 is 1. The van der Waals surface area contributed by atoms with Crippen molar-refractivity contribution in [3.8, 4) is 0 Å². The third-order valence-corrected chi connectivity index (χ3v) is 4.94. The van der Waals surface area contributed by atoms with Gasteiger partial charge in [0.2, 0.25) is 0 Å². The molecule has 0 saturated heterocycles. The van der Waals surface area contributed by atoms with Crippen LogP contribution in [0.1, 0.15) is 59.9 Å². The molecule has 0 radical (unpaired) electrons. The zero-order valence-electron chi connectivity index (χ0n) is 18.9. The van der Waals surface area contributed by atoms with E-state index in [4.69, 9.17) is 14.5 Å². The standard InChI is InChI=1S/C23H32N2O5/c1-15(2)19-18(16-11-9-8-10-12-16)24-23(6,14-13-17(26)29-7)20(27)25(19)21(28)30-22(3,4)5/h8-12,15,19H,13-14H2,1-7H3/t19-,23+/m1/s1. The highest BCUT2D eigenvalue weighted by Crippen LogP contribution is 2.33. The first-order valence-electron chi connectivity index (χ1n) is 10.2. The van der Waals surface area contributed by atoms with Crippen molar-refractivity contribution in [2.45, 2.75) is 71.6 Å². The normalized spacial score (nSPS) is 22.0. The Hall–Kier alpha value is -2.70. The van der Waals surface area contributed by atoms with Gasteiger partial charge in [-0.25, -0.2) is 9.69 Å². The molecule has 0 unspecified atom stereocenters. The highest BCUT2D eigenvalue weighted by Gasteiger charge is 2.50. The van der Waals surface area contributed by atoms with E-state index in [-0.39, 0.29) is 18.8 Å². The molecule has 1 aliphatic heterocycles. The Balaban J connectivity index is 2.61. The molecule has 0 aliphatic carbocycles. The van der Waals surface area contributed by atoms with E-state index in [9.17, 15) is 14.4 Å². The van der Waals surface area contributed by atoms with Gasteiger partial charge in [-0.15, -0.1) is 0 Å². The summed E-state index contributed by atoms with van der Waals surface area (Å²) in [4.78, 5) is 44.4. The Bertz CT molecular complexity index is 826. The minimum atomic E-state index is -1.29. The number of esters is 1. The summed E-state index contributed by atoms with van der Waals surface area (Å²) in [7, 11) is 1.30. The van der Waals surface area contributed by atoms with Gasteiger partial charge < -0.3 is 9.47 Å². The average Bonchev–Trinajstić information content (AvgIpc) is 2.66. The van der Waals surface area contributed by atoms with E-state index in [1.54, 1.807) is 27.7 Å². The highest BCUT2D eigenvalue weighted by molar-refractivity contribution is 6.14. The van der Waals surface area contributed by atoms with E-state index in [2.05, 4.69) is 0 Å². The SMILES string of the molecule is COC(=O)CC[C@]1(C)N=C(c2ccccc2)[C@@H](C(C)C)N(C(=O)OC(C)(C)C)C1=O. The molecule has 0 saturated carbocycles. The van der Waals surface area contributed by atoms with Crippen LogP contribution in [0.4, 0.5) is 4.79 Å². The van der Waals surface area contributed by atoms with Crippen LogP contribution in [0.25, 0.3) is 0 Å². The second-order valence-corrected chi connectivity index (χ2v) is 9.06. The first-order chi connectivity index (χ1) is 13.9. The van der Waals surface area contributed by atoms with Gasteiger partial charge in [0.15, 0.2) is 0 Å². The van der Waals surface area contributed by atoms with Crippen LogP contribution in [0.5, 0.6) is 0 Å². The molecule has 30 heavy (non-hydrogen) atoms. The van der Waals surface area contributed by atoms with Crippen molar-refractivity contribution >= 4 is 23.7 Å². The predicted octanol–water partition coefficient (Wildman–Crippen LogP) is 3.99. The van der Waals surface area contributed by atoms with Crippen LogP contribution >= 0.6 is 0 Å². The van der Waals surface area contributed by atoms with E-state index >= 15 is 0 Å². The van der Waals surface area contributed by atoms with Crippen molar-refractivity contribution in [1.29, 1.82) is 0 Å². The Morgan fingerprint density at radius 1 is 1.20 bits per heavy atom. The van der Waals surface area contributed by atoms with E-state index in [0.717, 1.165) is 5.56 Å². The topological polar surface area (TPSA) is 85.3 Å². The van der Waals surface area contributed by atoms with Crippen molar-refractivity contribution in [1.82, 2.24) is 4.90 Å². The van der Waals surface area contributed by atoms with Crippen LogP contribution in [-0.2, 0) is 19.1 Å². The molecular weight excluding hydrogens is 384 g/mol. The van der Waals surface area contributed by atoms with Crippen LogP contribution in [0, 0.1) is 5.92 Å². The lowest BCUT2D eigenvalue weighted by atomic mass is 9.84. The minimum Gasteiger partial charge on any atom is -0.469 e. The van der Waals surface area contributed by atoms with Crippen LogP contribution < -0.4 is 0 Å². The van der Waals surface area contributed by atoms with Gasteiger partial charge in [-0.2, -0.15) is 0 Å². The molecule has 1 aromatic rings. The fourth-order valence-electron chi connectivity index (χ4n) is 3.46. The molecule has 164 valence electrons. The van der Waals surface area contributed by atoms with Gasteiger partial charge in [0.25, 0.3) is 5.91 Å². The zero-order chi connectivity index (χ0) is 22.7. The molecule has 2 amide bonds. The maximum atomic E-state index is 13.5. The molecule has 2 atom stereocenters. The summed E-state index contributed by atoms with van der Waals surface area (Å²) in [5.41, 5.74) is -0.602. The summed E-state index contributed by atoms with van der Waals surface area (Å²) in [6, 6.07) is 8.88. The highest BCUT2D eigenvalue weighted by atomic mass is 16.6. The predicted molar refractivity (Wildman–Crippen MR) is 114 cm³/mol. The average molecular weight is 417 g/mol. The number of nitrogens with zero attached hydrogens (tertiary/aromatic N) is 2. The third kappa shape index (κ3) is 5.26. The molecule has 0 N–H and O–H groups in total. The number of ether oxygens (including phenoxy) is 2. The molecular formula is C23H32N2O5. The van der Waals surface area contributed by atoms with Crippen LogP contribution in [0.15, 0.2) is 35.3 Å². The van der Waals surface area contributed by atoms with Gasteiger partial charge in [0.05, 0.1) is 18.9 Å². The van der Waals surface area contributed by atoms with Crippen molar-refractivity contribution in [2.24, 2.45) is 10.9 Å². The van der Waals surface area contributed by atoms with Crippen molar-refractivity contribution in [3.63, 3.8) is 0 Å². The number of carbonyl (C=O) groups excluding carboxylic acids is 3. The van der Waals surface area contributed by atoms with Gasteiger partial charge in [-0.3, -0.25) is 14.6 Å². The zero-order valence-corrected chi connectivity index (χ0v) is 18.9. The fraction of sp³-hybridized carbons (Fsp3) is 0.565. The summed E-state index contributed by atoms with van der Waals surface area (Å²) in [5, 5.41) is 0. The smallest absolute Gasteiger partial charge is 0.417 e. The molecule has 0 aromatic heterocycles. The quantitative estimate of drug-likeness (QED) is 0.678. The number of carbonyl (C=O) groups is 3. The monoisotopic (exact) mass is 416 g/mol. The van der Waals surface area contributed by atoms with Gasteiger partial charge in [-0.1, -0.05) is 44.2 Å². The first-order valence-corrected chi connectivity index (χ1v) is 10.2. The van der Waals surface area contributed by atoms with Crippen molar-refractivity contribution in [2.75, 3.05) is 7.11 Å². The maximum Gasteiger partial charge on any atom is 0.417 e. The number of aliphatic imine (C=N–C) groups is 1. The Morgan fingerprint density at radius 2 is 1.80 bits per heavy atom. The van der Waals surface area contributed by atoms with Crippen molar-refractivity contribution < 1.29 is 23.9 Å². The summed E-state index contributed by atoms with van der Waals surface area (Å²) >= 11 is 0. The molecule has 1 aliphatic rings. The summed E-state index contributed by atoms with van der Waals surface area (Å²) < 4.78 is 10.3. The second-order valence-electron chi connectivity index (χ2n) is 9.06. The van der Waals surface area contributed by atoms with Gasteiger partial charge in [-0.05, 0) is 45.6 Å². The largest absolute Gasteiger partial charge is 0.469 e. The molecule has 0 bridgehead atoms. The lowest BCUT2D eigenvalue weighted by molar-refractivity contribution is -0.142. The summed E-state index contributed by atoms with van der Waals surface area (Å²) in [6.45, 7) is 10.8. The number of imide groups is 1. The number of amides is 2. The van der Waals surface area contributed by atoms with E-state index in [1.165, 1.54) is 12.0 Å². The number of benzene rings is 1. The van der Waals surface area contributed by atoms with Crippen LogP contribution in [-0.4, -0.2) is 52.9 Å². The Morgan fingerprint density at radius 3 is 2.30 bits per heavy atom. The van der Waals surface area contributed by atoms with E-state index < -0.39 is 35.2 Å². The minimum absolute atomic E-state index is 0.0127. The molecule has 7 nitrogen and oxygen atoms in total. The van der Waals surface area contributed by atoms with Gasteiger partial charge in [0, 0.05) is 6.42 Å². The first kappa shape index (κ1) is 23.6. The maximum absolute atomic E-state index is 13.5. The summed E-state index contributed by atoms with van der Waals surface area (Å²) in [6.07, 6.45) is -0.573. The van der Waals surface area contributed by atoms with E-state index in [1.807, 2.05) is 44.2 Å². The molecule has 0 spiro atoms. The van der Waals surface area contributed by atoms with Gasteiger partial charge in [0.1, 0.15) is 11.1 Å². The number of hydrogen-bond acceptors (Lipinski definition) is 6. The van der Waals surface area contributed by atoms with Gasteiger partial charge >= 0.3 is 12.1 Å². The fourth-order valence-corrected chi connectivity index (χ4v) is 3.46. The Kier molecular flexibility index (Phi) is 7.06. The lowest BCUT2D eigenvalue weighted by Gasteiger charge is -2.43. The second kappa shape index (κ2) is 8.98. The number of rotatable bonds is 5. The lowest BCUT2D eigenvalue weighted by Crippen LogP contribution is -2.62. The summed E-state index contributed by atoms with van der Waals surface area (Å²) in [5.74, 6) is -1.00. The third-order valence-electron chi connectivity index (χ3n) is 4.94.